The van der Waals surface area contributed by atoms with Gasteiger partial charge in [-0.1, -0.05) is 43.3 Å². The lowest BCUT2D eigenvalue weighted by Gasteiger charge is -2.20. The molecule has 2 aromatic rings. The summed E-state index contributed by atoms with van der Waals surface area (Å²) >= 11 is 0. The molecule has 28 heavy (non-hydrogen) atoms. The van der Waals surface area contributed by atoms with Gasteiger partial charge in [0.2, 0.25) is 0 Å². The topological polar surface area (TPSA) is 115 Å². The van der Waals surface area contributed by atoms with Crippen LogP contribution >= 0.6 is 0 Å². The molecule has 0 spiro atoms. The summed E-state index contributed by atoms with van der Waals surface area (Å²) in [4.78, 5) is 0. The van der Waals surface area contributed by atoms with Crippen LogP contribution in [0.2, 0.25) is 0 Å². The Bertz CT molecular complexity index is 872. The van der Waals surface area contributed by atoms with Crippen molar-refractivity contribution in [3.05, 3.63) is 71.8 Å². The third kappa shape index (κ3) is 6.37. The Morgan fingerprint density at radius 1 is 0.929 bits per heavy atom. The highest BCUT2D eigenvalue weighted by molar-refractivity contribution is 7.86. The standard InChI is InChI=1S/C21H26O6S/c1-2-15(16-6-10-18(22)11-7-16)14-20(28(25,26)27)4-3-5-21(24)17-8-12-19(23)13-9-17/h3,5-13,15,20-24H,2,4,14H2,1H3,(H,25,26,27)/t15-,20+,21-/m1/s1. The molecule has 0 amide bonds. The van der Waals surface area contributed by atoms with Crippen molar-refractivity contribution in [2.24, 2.45) is 0 Å². The number of aliphatic hydroxyl groups excluding tert-OH is 1. The minimum atomic E-state index is -4.27. The number of allylic oxidation sites excluding steroid dienone is 1. The van der Waals surface area contributed by atoms with Crippen molar-refractivity contribution < 1.29 is 28.3 Å². The Kier molecular flexibility index (Phi) is 7.62. The molecular formula is C21H26O6S. The molecule has 4 N–H and O–H groups in total. The maximum atomic E-state index is 11.8. The molecule has 0 saturated carbocycles. The predicted octanol–water partition coefficient (Wildman–Crippen LogP) is 3.92. The Hall–Kier alpha value is -2.35. The first-order valence-corrected chi connectivity index (χ1v) is 10.6. The smallest absolute Gasteiger partial charge is 0.268 e. The number of phenolic OH excluding ortho intramolecular Hbond substituents is 2. The van der Waals surface area contributed by atoms with Crippen LogP contribution in [0.5, 0.6) is 11.5 Å². The molecule has 0 aliphatic carbocycles. The van der Waals surface area contributed by atoms with Crippen LogP contribution in [0.1, 0.15) is 49.3 Å². The summed E-state index contributed by atoms with van der Waals surface area (Å²) < 4.78 is 33.3. The average molecular weight is 407 g/mol. The molecule has 0 radical (unpaired) electrons. The minimum absolute atomic E-state index is 0.0581. The third-order valence-electron chi connectivity index (χ3n) is 4.78. The van der Waals surface area contributed by atoms with Crippen molar-refractivity contribution in [1.82, 2.24) is 0 Å². The molecule has 0 aromatic heterocycles. The number of rotatable bonds is 9. The summed E-state index contributed by atoms with van der Waals surface area (Å²) in [6, 6.07) is 12.6. The summed E-state index contributed by atoms with van der Waals surface area (Å²) in [5.41, 5.74) is 1.45. The summed E-state index contributed by atoms with van der Waals surface area (Å²) in [6.07, 6.45) is 3.02. The van der Waals surface area contributed by atoms with Crippen molar-refractivity contribution in [3.8, 4) is 11.5 Å². The average Bonchev–Trinajstić information content (AvgIpc) is 2.65. The molecule has 7 heteroatoms. The van der Waals surface area contributed by atoms with Gasteiger partial charge in [0.05, 0.1) is 11.4 Å². The quantitative estimate of drug-likeness (QED) is 0.371. The predicted molar refractivity (Wildman–Crippen MR) is 108 cm³/mol. The van der Waals surface area contributed by atoms with E-state index in [1.165, 1.54) is 18.2 Å². The Morgan fingerprint density at radius 2 is 1.43 bits per heavy atom. The molecule has 0 bridgehead atoms. The van der Waals surface area contributed by atoms with Crippen LogP contribution in [0.4, 0.5) is 0 Å². The van der Waals surface area contributed by atoms with Crippen molar-refractivity contribution in [2.45, 2.75) is 43.5 Å². The van der Waals surface area contributed by atoms with Crippen LogP contribution in [-0.2, 0) is 10.1 Å². The summed E-state index contributed by atoms with van der Waals surface area (Å²) in [7, 11) is -4.27. The van der Waals surface area contributed by atoms with Crippen molar-refractivity contribution in [3.63, 3.8) is 0 Å². The summed E-state index contributed by atoms with van der Waals surface area (Å²) in [5.74, 6) is 0.130. The molecule has 0 aliphatic heterocycles. The van der Waals surface area contributed by atoms with Gasteiger partial charge in [-0.15, -0.1) is 0 Å². The Balaban J connectivity index is 2.08. The van der Waals surface area contributed by atoms with Gasteiger partial charge >= 0.3 is 0 Å². The lowest BCUT2D eigenvalue weighted by molar-refractivity contribution is 0.228. The fraction of sp³-hybridized carbons (Fsp3) is 0.333. The van der Waals surface area contributed by atoms with Crippen LogP contribution in [-0.4, -0.2) is 33.5 Å². The molecule has 2 rings (SSSR count). The highest BCUT2D eigenvalue weighted by atomic mass is 32.2. The highest BCUT2D eigenvalue weighted by Crippen LogP contribution is 2.29. The lowest BCUT2D eigenvalue weighted by atomic mass is 9.91. The van der Waals surface area contributed by atoms with E-state index >= 15 is 0 Å². The van der Waals surface area contributed by atoms with Crippen LogP contribution in [0, 0.1) is 0 Å². The van der Waals surface area contributed by atoms with Gasteiger partial charge in [-0.05, 0) is 60.6 Å². The second-order valence-electron chi connectivity index (χ2n) is 6.77. The van der Waals surface area contributed by atoms with Crippen LogP contribution in [0.15, 0.2) is 60.7 Å². The number of aromatic hydroxyl groups is 2. The Labute approximate surface area is 165 Å². The SMILES string of the molecule is CC[C@H](C[C@H](CC=C[C@@H](O)c1ccc(O)cc1)S(=O)(=O)O)c1ccc(O)cc1. The van der Waals surface area contributed by atoms with E-state index in [0.29, 0.717) is 12.0 Å². The van der Waals surface area contributed by atoms with E-state index in [2.05, 4.69) is 0 Å². The van der Waals surface area contributed by atoms with E-state index in [1.807, 2.05) is 6.92 Å². The van der Waals surface area contributed by atoms with Gasteiger partial charge in [-0.25, -0.2) is 0 Å². The van der Waals surface area contributed by atoms with Crippen LogP contribution in [0.25, 0.3) is 0 Å². The second kappa shape index (κ2) is 9.73. The lowest BCUT2D eigenvalue weighted by Crippen LogP contribution is -2.22. The van der Waals surface area contributed by atoms with Gasteiger partial charge in [0, 0.05) is 0 Å². The van der Waals surface area contributed by atoms with Crippen LogP contribution < -0.4 is 0 Å². The van der Waals surface area contributed by atoms with Gasteiger partial charge in [0.15, 0.2) is 0 Å². The van der Waals surface area contributed by atoms with Crippen molar-refractivity contribution >= 4 is 10.1 Å². The first kappa shape index (κ1) is 21.9. The fourth-order valence-electron chi connectivity index (χ4n) is 3.08. The van der Waals surface area contributed by atoms with E-state index in [4.69, 9.17) is 0 Å². The monoisotopic (exact) mass is 406 g/mol. The summed E-state index contributed by atoms with van der Waals surface area (Å²) in [6.45, 7) is 1.93. The molecule has 2 aromatic carbocycles. The zero-order valence-corrected chi connectivity index (χ0v) is 16.5. The number of benzene rings is 2. The number of aliphatic hydroxyl groups is 1. The van der Waals surface area contributed by atoms with E-state index in [1.54, 1.807) is 42.5 Å². The zero-order chi connectivity index (χ0) is 20.7. The molecule has 152 valence electrons. The van der Waals surface area contributed by atoms with Gasteiger partial charge in [0.1, 0.15) is 11.5 Å². The highest BCUT2D eigenvalue weighted by Gasteiger charge is 2.26. The number of phenols is 2. The van der Waals surface area contributed by atoms with E-state index in [-0.39, 0.29) is 30.3 Å². The van der Waals surface area contributed by atoms with E-state index < -0.39 is 21.5 Å². The molecule has 0 saturated heterocycles. The van der Waals surface area contributed by atoms with Gasteiger partial charge < -0.3 is 15.3 Å². The van der Waals surface area contributed by atoms with Crippen molar-refractivity contribution in [2.75, 3.05) is 0 Å². The molecule has 0 heterocycles. The van der Waals surface area contributed by atoms with Crippen LogP contribution in [0.3, 0.4) is 0 Å². The molecule has 6 nitrogen and oxygen atoms in total. The normalized spacial score (nSPS) is 15.4. The fourth-order valence-corrected chi connectivity index (χ4v) is 3.91. The van der Waals surface area contributed by atoms with E-state index in [9.17, 15) is 28.3 Å². The first-order chi connectivity index (χ1) is 13.2. The maximum absolute atomic E-state index is 11.8. The zero-order valence-electron chi connectivity index (χ0n) is 15.6. The Morgan fingerprint density at radius 3 is 1.89 bits per heavy atom. The third-order valence-corrected chi connectivity index (χ3v) is 6.01. The number of hydrogen-bond acceptors (Lipinski definition) is 5. The summed E-state index contributed by atoms with van der Waals surface area (Å²) in [5, 5.41) is 27.9. The molecule has 0 unspecified atom stereocenters. The molecular weight excluding hydrogens is 380 g/mol. The molecule has 0 fully saturated rings. The van der Waals surface area contributed by atoms with Gasteiger partial charge in [-0.3, -0.25) is 4.55 Å². The van der Waals surface area contributed by atoms with Gasteiger partial charge in [-0.2, -0.15) is 8.42 Å². The van der Waals surface area contributed by atoms with Crippen molar-refractivity contribution in [1.29, 1.82) is 0 Å². The molecule has 0 aliphatic rings. The van der Waals surface area contributed by atoms with E-state index in [0.717, 1.165) is 5.56 Å². The largest absolute Gasteiger partial charge is 0.508 e. The first-order valence-electron chi connectivity index (χ1n) is 9.09. The van der Waals surface area contributed by atoms with Gasteiger partial charge in [0.25, 0.3) is 10.1 Å². The minimum Gasteiger partial charge on any atom is -0.508 e. The molecule has 3 atom stereocenters. The second-order valence-corrected chi connectivity index (χ2v) is 8.47. The maximum Gasteiger partial charge on any atom is 0.268 e. The number of hydrogen-bond donors (Lipinski definition) is 4.